The highest BCUT2D eigenvalue weighted by atomic mass is 35.5. The number of piperazine rings is 1. The minimum absolute atomic E-state index is 0.0334. The smallest absolute Gasteiger partial charge is 0.243 e. The predicted octanol–water partition coefficient (Wildman–Crippen LogP) is 3.30. The van der Waals surface area contributed by atoms with E-state index in [9.17, 15) is 17.6 Å². The van der Waals surface area contributed by atoms with Gasteiger partial charge < -0.3 is 5.32 Å². The van der Waals surface area contributed by atoms with Crippen LogP contribution in [0.25, 0.3) is 0 Å². The average Bonchev–Trinajstić information content (AvgIpc) is 2.76. The van der Waals surface area contributed by atoms with Crippen molar-refractivity contribution in [1.82, 2.24) is 9.21 Å². The van der Waals surface area contributed by atoms with Crippen LogP contribution in [0, 0.1) is 5.82 Å². The Balaban J connectivity index is 1.35. The summed E-state index contributed by atoms with van der Waals surface area (Å²) in [4.78, 5) is 14.5. The highest BCUT2D eigenvalue weighted by molar-refractivity contribution is 7.89. The second kappa shape index (κ2) is 9.24. The Morgan fingerprint density at radius 1 is 1.00 bits per heavy atom. The van der Waals surface area contributed by atoms with Crippen molar-refractivity contribution in [1.29, 1.82) is 0 Å². The molecule has 2 aliphatic rings. The molecule has 2 aromatic rings. The van der Waals surface area contributed by atoms with Crippen LogP contribution >= 0.6 is 11.6 Å². The number of nitrogens with one attached hydrogen (secondary N) is 1. The van der Waals surface area contributed by atoms with Crippen LogP contribution in [-0.2, 0) is 27.7 Å². The first-order chi connectivity index (χ1) is 14.8. The molecule has 1 N–H and O–H groups in total. The molecule has 0 spiro atoms. The number of hydrogen-bond donors (Lipinski definition) is 1. The van der Waals surface area contributed by atoms with Crippen LogP contribution in [0.15, 0.2) is 41.3 Å². The van der Waals surface area contributed by atoms with Gasteiger partial charge in [-0.1, -0.05) is 17.7 Å². The molecule has 0 saturated carbocycles. The molecule has 1 amide bonds. The molecule has 1 heterocycles. The molecule has 2 aromatic carbocycles. The molecule has 9 heteroatoms. The quantitative estimate of drug-likeness (QED) is 0.735. The maximum absolute atomic E-state index is 13.8. The summed E-state index contributed by atoms with van der Waals surface area (Å²) >= 11 is 5.85. The largest absolute Gasteiger partial charge is 0.322 e. The monoisotopic (exact) mass is 465 g/mol. The number of carbonyl (C=O) groups is 1. The van der Waals surface area contributed by atoms with E-state index in [-0.39, 0.29) is 18.1 Å². The number of rotatable bonds is 5. The lowest BCUT2D eigenvalue weighted by Crippen LogP contribution is -2.50. The van der Waals surface area contributed by atoms with Crippen molar-refractivity contribution in [2.24, 2.45) is 0 Å². The molecule has 0 bridgehead atoms. The summed E-state index contributed by atoms with van der Waals surface area (Å²) in [6.07, 6.45) is 4.18. The Hall–Kier alpha value is -2.00. The van der Waals surface area contributed by atoms with Crippen molar-refractivity contribution in [3.8, 4) is 0 Å². The van der Waals surface area contributed by atoms with Gasteiger partial charge in [-0.05, 0) is 67.1 Å². The maximum Gasteiger partial charge on any atom is 0.243 e. The number of halogens is 2. The molecule has 166 valence electrons. The summed E-state index contributed by atoms with van der Waals surface area (Å²) in [5.74, 6) is -0.925. The molecule has 0 unspecified atom stereocenters. The first-order valence-corrected chi connectivity index (χ1v) is 12.2. The molecule has 0 aromatic heterocycles. The number of sulfonamides is 1. The number of aryl methyl sites for hydroxylation is 2. The van der Waals surface area contributed by atoms with Crippen LogP contribution < -0.4 is 5.32 Å². The van der Waals surface area contributed by atoms with E-state index in [4.69, 9.17) is 11.6 Å². The molecule has 1 fully saturated rings. The first-order valence-electron chi connectivity index (χ1n) is 10.4. The third-order valence-electron chi connectivity index (χ3n) is 5.86. The normalized spacial score (nSPS) is 17.9. The van der Waals surface area contributed by atoms with E-state index < -0.39 is 15.8 Å². The van der Waals surface area contributed by atoms with Gasteiger partial charge in [0.2, 0.25) is 15.9 Å². The Morgan fingerprint density at radius 3 is 2.45 bits per heavy atom. The van der Waals surface area contributed by atoms with Gasteiger partial charge in [-0.3, -0.25) is 9.69 Å². The fourth-order valence-corrected chi connectivity index (χ4v) is 5.78. The van der Waals surface area contributed by atoms with Gasteiger partial charge >= 0.3 is 0 Å². The molecular weight excluding hydrogens is 441 g/mol. The number of amides is 1. The number of carbonyl (C=O) groups excluding carboxylic acids is 1. The fourth-order valence-electron chi connectivity index (χ4n) is 4.13. The van der Waals surface area contributed by atoms with Crippen LogP contribution in [0.4, 0.5) is 10.1 Å². The fraction of sp³-hybridized carbons (Fsp3) is 0.409. The zero-order valence-corrected chi connectivity index (χ0v) is 18.7. The minimum Gasteiger partial charge on any atom is -0.322 e. The molecule has 0 atom stereocenters. The molecule has 0 radical (unpaired) electrons. The molecule has 1 aliphatic heterocycles. The summed E-state index contributed by atoms with van der Waals surface area (Å²) in [6.45, 7) is 1.51. The number of benzene rings is 2. The lowest BCUT2D eigenvalue weighted by molar-refractivity contribution is -0.117. The molecule has 31 heavy (non-hydrogen) atoms. The van der Waals surface area contributed by atoms with Crippen molar-refractivity contribution in [3.05, 3.63) is 58.4 Å². The van der Waals surface area contributed by atoms with E-state index in [0.29, 0.717) is 36.1 Å². The van der Waals surface area contributed by atoms with Gasteiger partial charge in [-0.25, -0.2) is 12.8 Å². The zero-order valence-electron chi connectivity index (χ0n) is 17.1. The molecular formula is C22H25ClFN3O3S. The summed E-state index contributed by atoms with van der Waals surface area (Å²) in [7, 11) is -3.56. The maximum atomic E-state index is 13.8. The van der Waals surface area contributed by atoms with Crippen molar-refractivity contribution in [3.63, 3.8) is 0 Å². The number of hydrogen-bond acceptors (Lipinski definition) is 4. The summed E-state index contributed by atoms with van der Waals surface area (Å²) < 4.78 is 41.4. The van der Waals surface area contributed by atoms with E-state index in [0.717, 1.165) is 31.2 Å². The first kappa shape index (κ1) is 22.2. The van der Waals surface area contributed by atoms with Crippen molar-refractivity contribution in [2.45, 2.75) is 30.6 Å². The van der Waals surface area contributed by atoms with Gasteiger partial charge in [-0.2, -0.15) is 4.31 Å². The van der Waals surface area contributed by atoms with E-state index in [1.165, 1.54) is 28.1 Å². The number of anilines is 1. The molecule has 1 saturated heterocycles. The van der Waals surface area contributed by atoms with E-state index in [1.54, 1.807) is 6.07 Å². The average molecular weight is 466 g/mol. The predicted molar refractivity (Wildman–Crippen MR) is 118 cm³/mol. The summed E-state index contributed by atoms with van der Waals surface area (Å²) in [5, 5.41) is 2.85. The van der Waals surface area contributed by atoms with Gasteiger partial charge in [0.25, 0.3) is 0 Å². The third-order valence-corrected chi connectivity index (χ3v) is 7.99. The second-order valence-electron chi connectivity index (χ2n) is 7.99. The minimum atomic E-state index is -3.56. The van der Waals surface area contributed by atoms with Gasteiger partial charge in [0.05, 0.1) is 17.1 Å². The van der Waals surface area contributed by atoms with Crippen molar-refractivity contribution in [2.75, 3.05) is 38.0 Å². The Kier molecular flexibility index (Phi) is 6.62. The van der Waals surface area contributed by atoms with Crippen LogP contribution in [-0.4, -0.2) is 56.3 Å². The number of fused-ring (bicyclic) bond motifs is 1. The molecule has 6 nitrogen and oxygen atoms in total. The van der Waals surface area contributed by atoms with Gasteiger partial charge in [-0.15, -0.1) is 0 Å². The van der Waals surface area contributed by atoms with Crippen LogP contribution in [0.3, 0.4) is 0 Å². The topological polar surface area (TPSA) is 69.7 Å². The Bertz CT molecular complexity index is 1090. The van der Waals surface area contributed by atoms with Gasteiger partial charge in [0.15, 0.2) is 0 Å². The Labute approximate surface area is 187 Å². The lowest BCUT2D eigenvalue weighted by atomic mass is 9.92. The van der Waals surface area contributed by atoms with Crippen LogP contribution in [0.2, 0.25) is 5.02 Å². The van der Waals surface area contributed by atoms with Gasteiger partial charge in [0.1, 0.15) is 5.82 Å². The van der Waals surface area contributed by atoms with Crippen molar-refractivity contribution < 1.29 is 17.6 Å². The molecule has 1 aliphatic carbocycles. The summed E-state index contributed by atoms with van der Waals surface area (Å²) in [6, 6.07) is 9.44. The third kappa shape index (κ3) is 5.09. The van der Waals surface area contributed by atoms with Crippen LogP contribution in [0.5, 0.6) is 0 Å². The Morgan fingerprint density at radius 2 is 1.71 bits per heavy atom. The SMILES string of the molecule is O=C(CN1CCN(S(=O)(=O)c2ccc3c(c2)CCCC3)CC1)Nc1cc(Cl)ccc1F. The standard InChI is InChI=1S/C22H25ClFN3O3S/c23-18-6-8-20(24)21(14-18)25-22(28)15-26-9-11-27(12-10-26)31(29,30)19-7-5-16-3-1-2-4-17(16)13-19/h5-8,13-14H,1-4,9-12,15H2,(H,25,28). The number of nitrogens with zero attached hydrogens (tertiary/aromatic N) is 2. The van der Waals surface area contributed by atoms with E-state index in [1.807, 2.05) is 17.0 Å². The van der Waals surface area contributed by atoms with Crippen LogP contribution in [0.1, 0.15) is 24.0 Å². The second-order valence-corrected chi connectivity index (χ2v) is 10.4. The molecule has 4 rings (SSSR count). The van der Waals surface area contributed by atoms with E-state index >= 15 is 0 Å². The summed E-state index contributed by atoms with van der Waals surface area (Å²) in [5.41, 5.74) is 2.42. The lowest BCUT2D eigenvalue weighted by Gasteiger charge is -2.33. The highest BCUT2D eigenvalue weighted by Gasteiger charge is 2.29. The zero-order chi connectivity index (χ0) is 22.0. The van der Waals surface area contributed by atoms with Crippen molar-refractivity contribution >= 4 is 33.2 Å². The highest BCUT2D eigenvalue weighted by Crippen LogP contribution is 2.26. The van der Waals surface area contributed by atoms with E-state index in [2.05, 4.69) is 5.32 Å². The van der Waals surface area contributed by atoms with Gasteiger partial charge in [0, 0.05) is 31.2 Å².